The van der Waals surface area contributed by atoms with Crippen molar-refractivity contribution in [1.82, 2.24) is 0 Å². The Hall–Kier alpha value is -0.900. The molecule has 0 saturated carbocycles. The van der Waals surface area contributed by atoms with Crippen LogP contribution in [-0.2, 0) is 19.1 Å². The molecule has 0 fully saturated rings. The van der Waals surface area contributed by atoms with Crippen LogP contribution in [0.4, 0.5) is 0 Å². The number of carbonyl (C=O) groups excluding carboxylic acids is 2. The molecule has 0 aromatic carbocycles. The van der Waals surface area contributed by atoms with E-state index in [2.05, 4.69) is 9.47 Å². The van der Waals surface area contributed by atoms with Gasteiger partial charge in [0.1, 0.15) is 6.61 Å². The van der Waals surface area contributed by atoms with E-state index in [4.69, 9.17) is 0 Å². The molecule has 0 spiro atoms. The lowest BCUT2D eigenvalue weighted by Gasteiger charge is -2.08. The van der Waals surface area contributed by atoms with Crippen LogP contribution in [0.25, 0.3) is 0 Å². The molecule has 11 heavy (non-hydrogen) atoms. The summed E-state index contributed by atoms with van der Waals surface area (Å²) in [5.74, 6) is -0.690. The van der Waals surface area contributed by atoms with Crippen LogP contribution in [-0.4, -0.2) is 31.6 Å². The van der Waals surface area contributed by atoms with Crippen LogP contribution in [0.15, 0.2) is 0 Å². The molecule has 0 bridgehead atoms. The van der Waals surface area contributed by atoms with Crippen molar-refractivity contribution >= 4 is 11.8 Å². The summed E-state index contributed by atoms with van der Waals surface area (Å²) in [5.41, 5.74) is 0. The summed E-state index contributed by atoms with van der Waals surface area (Å²) >= 11 is 0. The minimum absolute atomic E-state index is 0.0194. The fraction of sp³-hybridized carbons (Fsp3) is 0.714. The molecule has 1 atom stereocenters. The first-order valence-corrected chi connectivity index (χ1v) is 3.26. The summed E-state index contributed by atoms with van der Waals surface area (Å²) in [4.78, 5) is 21.2. The van der Waals surface area contributed by atoms with E-state index in [1.807, 2.05) is 0 Å². The molecular formula is C7H12O4. The molecular weight excluding hydrogens is 148 g/mol. The fourth-order valence-corrected chi connectivity index (χ4v) is 0.574. The number of Topliss-reactive ketones (excluding diaryl/α,β-unsaturated/α-hetero) is 1. The molecule has 0 saturated heterocycles. The van der Waals surface area contributed by atoms with Gasteiger partial charge in [-0.15, -0.1) is 0 Å². The maximum atomic E-state index is 10.9. The number of ketones is 1. The van der Waals surface area contributed by atoms with E-state index in [1.165, 1.54) is 21.0 Å². The Morgan fingerprint density at radius 1 is 1.45 bits per heavy atom. The Balaban J connectivity index is 3.73. The van der Waals surface area contributed by atoms with E-state index in [9.17, 15) is 9.59 Å². The first-order valence-electron chi connectivity index (χ1n) is 3.26. The van der Waals surface area contributed by atoms with Gasteiger partial charge >= 0.3 is 5.97 Å². The quantitative estimate of drug-likeness (QED) is 0.549. The summed E-state index contributed by atoms with van der Waals surface area (Å²) in [5, 5.41) is 0. The highest BCUT2D eigenvalue weighted by Gasteiger charge is 2.14. The molecule has 0 aliphatic heterocycles. The van der Waals surface area contributed by atoms with Gasteiger partial charge in [-0.05, 0) is 6.92 Å². The predicted octanol–water partition coefficient (Wildman–Crippen LogP) is 0.154. The first-order chi connectivity index (χ1) is 5.07. The Bertz CT molecular complexity index is 153. The lowest BCUT2D eigenvalue weighted by atomic mass is 10.3. The van der Waals surface area contributed by atoms with Crippen molar-refractivity contribution in [3.63, 3.8) is 0 Å². The zero-order chi connectivity index (χ0) is 8.85. The molecule has 4 nitrogen and oxygen atoms in total. The van der Waals surface area contributed by atoms with E-state index in [0.717, 1.165) is 0 Å². The molecule has 0 aromatic rings. The number of rotatable bonds is 4. The maximum Gasteiger partial charge on any atom is 0.303 e. The lowest BCUT2D eigenvalue weighted by Crippen LogP contribution is -2.26. The Kier molecular flexibility index (Phi) is 4.45. The second-order valence-electron chi connectivity index (χ2n) is 2.15. The van der Waals surface area contributed by atoms with Gasteiger partial charge in [0.2, 0.25) is 0 Å². The summed E-state index contributed by atoms with van der Waals surface area (Å²) < 4.78 is 9.16. The highest BCUT2D eigenvalue weighted by molar-refractivity contribution is 5.85. The topological polar surface area (TPSA) is 52.6 Å². The zero-order valence-electron chi connectivity index (χ0n) is 6.92. The van der Waals surface area contributed by atoms with Gasteiger partial charge in [0.25, 0.3) is 0 Å². The van der Waals surface area contributed by atoms with Gasteiger partial charge in [-0.25, -0.2) is 0 Å². The highest BCUT2D eigenvalue weighted by Crippen LogP contribution is 1.93. The number of hydrogen-bond acceptors (Lipinski definition) is 4. The molecule has 0 aliphatic carbocycles. The summed E-state index contributed by atoms with van der Waals surface area (Å²) in [7, 11) is 1.42. The Morgan fingerprint density at radius 3 is 2.36 bits per heavy atom. The normalized spacial score (nSPS) is 12.3. The fourth-order valence-electron chi connectivity index (χ4n) is 0.574. The minimum atomic E-state index is -0.701. The van der Waals surface area contributed by atoms with Crippen LogP contribution in [0.1, 0.15) is 13.8 Å². The van der Waals surface area contributed by atoms with Gasteiger partial charge in [-0.3, -0.25) is 9.59 Å². The van der Waals surface area contributed by atoms with Crippen molar-refractivity contribution in [2.24, 2.45) is 0 Å². The highest BCUT2D eigenvalue weighted by atomic mass is 16.5. The van der Waals surface area contributed by atoms with E-state index >= 15 is 0 Å². The molecule has 0 aromatic heterocycles. The van der Waals surface area contributed by atoms with Crippen LogP contribution in [0, 0.1) is 0 Å². The van der Waals surface area contributed by atoms with Gasteiger partial charge in [-0.2, -0.15) is 0 Å². The molecule has 0 rings (SSSR count). The van der Waals surface area contributed by atoms with Crippen molar-refractivity contribution in [2.75, 3.05) is 13.7 Å². The van der Waals surface area contributed by atoms with Crippen molar-refractivity contribution in [3.8, 4) is 0 Å². The second-order valence-corrected chi connectivity index (χ2v) is 2.15. The number of esters is 1. The summed E-state index contributed by atoms with van der Waals surface area (Å²) in [6.45, 7) is 2.76. The van der Waals surface area contributed by atoms with Crippen LogP contribution in [0.2, 0.25) is 0 Å². The molecule has 1 unspecified atom stereocenters. The molecule has 0 radical (unpaired) electrons. The van der Waals surface area contributed by atoms with Crippen LogP contribution in [0.5, 0.6) is 0 Å². The van der Waals surface area contributed by atoms with Gasteiger partial charge in [0.15, 0.2) is 11.9 Å². The minimum Gasteiger partial charge on any atom is -0.455 e. The molecule has 64 valence electrons. The van der Waals surface area contributed by atoms with Crippen molar-refractivity contribution < 1.29 is 19.1 Å². The van der Waals surface area contributed by atoms with Gasteiger partial charge in [-0.1, -0.05) is 0 Å². The number of ether oxygens (including phenoxy) is 2. The Morgan fingerprint density at radius 2 is 2.00 bits per heavy atom. The largest absolute Gasteiger partial charge is 0.455 e. The number of carbonyl (C=O) groups is 2. The van der Waals surface area contributed by atoms with Gasteiger partial charge in [0.05, 0.1) is 0 Å². The average molecular weight is 160 g/mol. The third-order valence-corrected chi connectivity index (χ3v) is 1.08. The van der Waals surface area contributed by atoms with E-state index in [1.54, 1.807) is 0 Å². The summed E-state index contributed by atoms with van der Waals surface area (Å²) in [6.07, 6.45) is -0.701. The SMILES string of the molecule is COCC(=O)C(C)OC(C)=O. The van der Waals surface area contributed by atoms with E-state index < -0.39 is 12.1 Å². The molecule has 0 heterocycles. The third kappa shape index (κ3) is 4.50. The second kappa shape index (κ2) is 4.85. The zero-order valence-corrected chi connectivity index (χ0v) is 6.92. The van der Waals surface area contributed by atoms with Gasteiger partial charge in [0, 0.05) is 14.0 Å². The summed E-state index contributed by atoms with van der Waals surface area (Å²) in [6, 6.07) is 0. The van der Waals surface area contributed by atoms with E-state index in [0.29, 0.717) is 0 Å². The van der Waals surface area contributed by atoms with Gasteiger partial charge < -0.3 is 9.47 Å². The predicted molar refractivity (Wildman–Crippen MR) is 38.1 cm³/mol. The van der Waals surface area contributed by atoms with Crippen LogP contribution >= 0.6 is 0 Å². The lowest BCUT2D eigenvalue weighted by molar-refractivity contribution is -0.153. The van der Waals surface area contributed by atoms with Crippen molar-refractivity contribution in [2.45, 2.75) is 20.0 Å². The number of methoxy groups -OCH3 is 1. The molecule has 4 heteroatoms. The van der Waals surface area contributed by atoms with Crippen LogP contribution < -0.4 is 0 Å². The van der Waals surface area contributed by atoms with Crippen molar-refractivity contribution in [1.29, 1.82) is 0 Å². The van der Waals surface area contributed by atoms with Crippen molar-refractivity contribution in [3.05, 3.63) is 0 Å². The molecule has 0 N–H and O–H groups in total. The smallest absolute Gasteiger partial charge is 0.303 e. The standard InChI is InChI=1S/C7H12O4/c1-5(11-6(2)8)7(9)4-10-3/h5H,4H2,1-3H3. The third-order valence-electron chi connectivity index (χ3n) is 1.08. The molecule has 0 aliphatic rings. The van der Waals surface area contributed by atoms with Crippen LogP contribution in [0.3, 0.4) is 0 Å². The Labute approximate surface area is 65.5 Å². The number of hydrogen-bond donors (Lipinski definition) is 0. The molecule has 0 amide bonds. The van der Waals surface area contributed by atoms with E-state index in [-0.39, 0.29) is 12.4 Å². The first kappa shape index (κ1) is 10.1. The maximum absolute atomic E-state index is 10.9. The monoisotopic (exact) mass is 160 g/mol. The average Bonchev–Trinajstić information content (AvgIpc) is 1.86.